The standard InChI is InChI=1S/C19H23N3O5S/c1-4-27-19(26)15-11(2)16(20-12(15)3)17(25)21-22-18(28-10-14(23)24)13-8-6-5-7-9-13/h5-9,18,20,22H,4,10H2,1-3H3,(H,21,25)(H,23,24). The third-order valence-electron chi connectivity index (χ3n) is 3.94. The SMILES string of the molecule is CCOC(=O)c1c(C)[nH]c(C(=O)NNC(SCC(=O)O)c2ccccc2)c1C. The van der Waals surface area contributed by atoms with E-state index < -0.39 is 23.2 Å². The molecule has 0 radical (unpaired) electrons. The van der Waals surface area contributed by atoms with Crippen molar-refractivity contribution in [2.45, 2.75) is 26.1 Å². The van der Waals surface area contributed by atoms with Gasteiger partial charge in [0.2, 0.25) is 0 Å². The Morgan fingerprint density at radius 1 is 1.21 bits per heavy atom. The maximum absolute atomic E-state index is 12.6. The number of rotatable bonds is 9. The third-order valence-corrected chi connectivity index (χ3v) is 5.07. The first kappa shape index (κ1) is 21.5. The lowest BCUT2D eigenvalue weighted by molar-refractivity contribution is -0.133. The van der Waals surface area contributed by atoms with Gasteiger partial charge in [-0.15, -0.1) is 11.8 Å². The van der Waals surface area contributed by atoms with E-state index in [0.717, 1.165) is 17.3 Å². The molecular formula is C19H23N3O5S. The Kier molecular flexibility index (Phi) is 7.65. The molecule has 4 N–H and O–H groups in total. The monoisotopic (exact) mass is 405 g/mol. The molecule has 0 aliphatic carbocycles. The summed E-state index contributed by atoms with van der Waals surface area (Å²) in [6, 6.07) is 9.18. The zero-order valence-corrected chi connectivity index (χ0v) is 16.7. The molecule has 1 unspecified atom stereocenters. The van der Waals surface area contributed by atoms with Crippen molar-refractivity contribution in [3.8, 4) is 0 Å². The fourth-order valence-electron chi connectivity index (χ4n) is 2.68. The normalized spacial score (nSPS) is 11.7. The minimum atomic E-state index is -0.950. The van der Waals surface area contributed by atoms with Gasteiger partial charge in [0.25, 0.3) is 5.91 Å². The molecule has 0 saturated carbocycles. The van der Waals surface area contributed by atoms with Crippen molar-refractivity contribution in [3.05, 3.63) is 58.4 Å². The van der Waals surface area contributed by atoms with Crippen LogP contribution in [0.5, 0.6) is 0 Å². The molecule has 0 fully saturated rings. The van der Waals surface area contributed by atoms with Gasteiger partial charge in [0.15, 0.2) is 0 Å². The minimum absolute atomic E-state index is 0.129. The molecule has 2 rings (SSSR count). The number of ether oxygens (including phenoxy) is 1. The first-order valence-corrected chi connectivity index (χ1v) is 9.70. The molecular weight excluding hydrogens is 382 g/mol. The van der Waals surface area contributed by atoms with Crippen LogP contribution in [0.4, 0.5) is 0 Å². The lowest BCUT2D eigenvalue weighted by Gasteiger charge is -2.18. The first-order valence-electron chi connectivity index (χ1n) is 8.65. The number of benzene rings is 1. The minimum Gasteiger partial charge on any atom is -0.481 e. The molecule has 0 bridgehead atoms. The van der Waals surface area contributed by atoms with E-state index in [9.17, 15) is 14.4 Å². The average Bonchev–Trinajstić information content (AvgIpc) is 2.96. The number of amides is 1. The summed E-state index contributed by atoms with van der Waals surface area (Å²) >= 11 is 1.13. The van der Waals surface area contributed by atoms with Crippen LogP contribution in [-0.2, 0) is 9.53 Å². The quantitative estimate of drug-likeness (QED) is 0.287. The van der Waals surface area contributed by atoms with Gasteiger partial charge in [-0.2, -0.15) is 0 Å². The molecule has 1 atom stereocenters. The van der Waals surface area contributed by atoms with Crippen LogP contribution >= 0.6 is 11.8 Å². The van der Waals surface area contributed by atoms with Crippen molar-refractivity contribution in [1.82, 2.24) is 15.8 Å². The Bertz CT molecular complexity index is 851. The van der Waals surface area contributed by atoms with Crippen molar-refractivity contribution in [1.29, 1.82) is 0 Å². The number of carbonyl (C=O) groups excluding carboxylic acids is 2. The summed E-state index contributed by atoms with van der Waals surface area (Å²) < 4.78 is 5.03. The van der Waals surface area contributed by atoms with Gasteiger partial charge in [0, 0.05) is 5.69 Å². The Morgan fingerprint density at radius 2 is 1.89 bits per heavy atom. The van der Waals surface area contributed by atoms with Gasteiger partial charge in [-0.05, 0) is 31.9 Å². The van der Waals surface area contributed by atoms with E-state index in [-0.39, 0.29) is 18.1 Å². The van der Waals surface area contributed by atoms with Crippen LogP contribution < -0.4 is 10.9 Å². The van der Waals surface area contributed by atoms with Crippen LogP contribution in [-0.4, -0.2) is 40.3 Å². The van der Waals surface area contributed by atoms with Crippen LogP contribution in [0.2, 0.25) is 0 Å². The molecule has 2 aromatic rings. The van der Waals surface area contributed by atoms with Crippen LogP contribution in [0.3, 0.4) is 0 Å². The zero-order chi connectivity index (χ0) is 20.7. The molecule has 0 aliphatic rings. The van der Waals surface area contributed by atoms with E-state index in [1.165, 1.54) is 0 Å². The second-order valence-corrected chi connectivity index (χ2v) is 7.03. The van der Waals surface area contributed by atoms with Gasteiger partial charge >= 0.3 is 11.9 Å². The van der Waals surface area contributed by atoms with Crippen molar-refractivity contribution >= 4 is 29.6 Å². The molecule has 1 aromatic carbocycles. The van der Waals surface area contributed by atoms with E-state index in [2.05, 4.69) is 15.8 Å². The molecule has 1 heterocycles. The van der Waals surface area contributed by atoms with Crippen LogP contribution in [0.15, 0.2) is 30.3 Å². The smallest absolute Gasteiger partial charge is 0.340 e. The molecule has 1 amide bonds. The zero-order valence-electron chi connectivity index (χ0n) is 15.9. The number of aliphatic carboxylic acids is 1. The summed E-state index contributed by atoms with van der Waals surface area (Å²) in [6.45, 7) is 5.31. The van der Waals surface area contributed by atoms with Crippen LogP contribution in [0.25, 0.3) is 0 Å². The summed E-state index contributed by atoms with van der Waals surface area (Å²) in [5, 5.41) is 8.49. The van der Waals surface area contributed by atoms with Gasteiger partial charge in [-0.3, -0.25) is 15.0 Å². The largest absolute Gasteiger partial charge is 0.481 e. The van der Waals surface area contributed by atoms with Gasteiger partial charge < -0.3 is 14.8 Å². The van der Waals surface area contributed by atoms with Gasteiger partial charge in [0.1, 0.15) is 5.69 Å². The summed E-state index contributed by atoms with van der Waals surface area (Å²) in [5.41, 5.74) is 7.88. The number of carboxylic acid groups (broad SMARTS) is 1. The van der Waals surface area contributed by atoms with Gasteiger partial charge in [-0.25, -0.2) is 10.2 Å². The third kappa shape index (κ3) is 5.37. The van der Waals surface area contributed by atoms with E-state index >= 15 is 0 Å². The fourth-order valence-corrected chi connectivity index (χ4v) is 3.48. The number of nitrogens with one attached hydrogen (secondary N) is 3. The topological polar surface area (TPSA) is 121 Å². The summed E-state index contributed by atoms with van der Waals surface area (Å²) in [4.78, 5) is 38.5. The number of hydrogen-bond donors (Lipinski definition) is 4. The molecule has 150 valence electrons. The number of aromatic nitrogens is 1. The summed E-state index contributed by atoms with van der Waals surface area (Å²) in [6.07, 6.45) is 0. The molecule has 0 aliphatic heterocycles. The number of H-pyrrole nitrogens is 1. The lowest BCUT2D eigenvalue weighted by atomic mass is 10.1. The Labute approximate surface area is 167 Å². The highest BCUT2D eigenvalue weighted by molar-refractivity contribution is 8.00. The van der Waals surface area contributed by atoms with Crippen molar-refractivity contribution in [3.63, 3.8) is 0 Å². The number of carbonyl (C=O) groups is 3. The Hall–Kier alpha value is -2.78. The Morgan fingerprint density at radius 3 is 2.50 bits per heavy atom. The summed E-state index contributed by atoms with van der Waals surface area (Å²) in [5.74, 6) is -2.03. The highest BCUT2D eigenvalue weighted by atomic mass is 32.2. The van der Waals surface area contributed by atoms with Gasteiger partial charge in [0.05, 0.1) is 23.3 Å². The van der Waals surface area contributed by atoms with Gasteiger partial charge in [-0.1, -0.05) is 30.3 Å². The maximum Gasteiger partial charge on any atom is 0.340 e. The molecule has 1 aromatic heterocycles. The molecule has 0 spiro atoms. The molecule has 8 nitrogen and oxygen atoms in total. The average molecular weight is 405 g/mol. The number of aryl methyl sites for hydroxylation is 1. The Balaban J connectivity index is 2.13. The number of aromatic amines is 1. The van der Waals surface area contributed by atoms with E-state index in [0.29, 0.717) is 16.8 Å². The summed E-state index contributed by atoms with van der Waals surface area (Å²) in [7, 11) is 0. The maximum atomic E-state index is 12.6. The van der Waals surface area contributed by atoms with E-state index in [4.69, 9.17) is 9.84 Å². The predicted octanol–water partition coefficient (Wildman–Crippen LogP) is 2.56. The number of carboxylic acids is 1. The van der Waals surface area contributed by atoms with Crippen molar-refractivity contribution < 1.29 is 24.2 Å². The first-order chi connectivity index (χ1) is 13.3. The number of hydrogen-bond acceptors (Lipinski definition) is 6. The van der Waals surface area contributed by atoms with Crippen molar-refractivity contribution in [2.24, 2.45) is 0 Å². The second-order valence-electron chi connectivity index (χ2n) is 5.94. The molecule has 28 heavy (non-hydrogen) atoms. The molecule has 9 heteroatoms. The molecule has 0 saturated heterocycles. The predicted molar refractivity (Wildman–Crippen MR) is 106 cm³/mol. The second kappa shape index (κ2) is 9.95. The number of thioether (sulfide) groups is 1. The van der Waals surface area contributed by atoms with Crippen LogP contribution in [0, 0.1) is 13.8 Å². The van der Waals surface area contributed by atoms with E-state index in [1.807, 2.05) is 30.3 Å². The number of esters is 1. The highest BCUT2D eigenvalue weighted by Crippen LogP contribution is 2.25. The van der Waals surface area contributed by atoms with E-state index in [1.54, 1.807) is 20.8 Å². The number of hydrazine groups is 1. The highest BCUT2D eigenvalue weighted by Gasteiger charge is 2.23. The van der Waals surface area contributed by atoms with Crippen LogP contribution in [0.1, 0.15) is 50.0 Å². The van der Waals surface area contributed by atoms with Crippen molar-refractivity contribution in [2.75, 3.05) is 12.4 Å². The lowest BCUT2D eigenvalue weighted by Crippen LogP contribution is -2.39. The fraction of sp³-hybridized carbons (Fsp3) is 0.316.